The molecule has 1 unspecified atom stereocenters. The van der Waals surface area contributed by atoms with Crippen molar-refractivity contribution in [2.24, 2.45) is 5.92 Å². The minimum atomic E-state index is -0.820. The number of hydrogen-bond acceptors (Lipinski definition) is 1. The van der Waals surface area contributed by atoms with Gasteiger partial charge in [0.25, 0.3) is 5.91 Å². The first kappa shape index (κ1) is 17.6. The van der Waals surface area contributed by atoms with Crippen LogP contribution in [0.3, 0.4) is 0 Å². The van der Waals surface area contributed by atoms with Crippen LogP contribution >= 0.6 is 0 Å². The number of hydrogen-bond donors (Lipinski definition) is 1. The summed E-state index contributed by atoms with van der Waals surface area (Å²) >= 11 is 0. The van der Waals surface area contributed by atoms with Gasteiger partial charge in [0.2, 0.25) is 0 Å². The molecule has 132 valence electrons. The molecule has 2 aromatic carbocycles. The molecule has 2 aromatic rings. The van der Waals surface area contributed by atoms with E-state index in [0.29, 0.717) is 12.3 Å². The summed E-state index contributed by atoms with van der Waals surface area (Å²) in [6.07, 6.45) is 6.24. The highest BCUT2D eigenvalue weighted by atomic mass is 19.1. The van der Waals surface area contributed by atoms with Gasteiger partial charge < -0.3 is 5.32 Å². The van der Waals surface area contributed by atoms with Gasteiger partial charge in [-0.15, -0.1) is 0 Å². The quantitative estimate of drug-likeness (QED) is 0.823. The Morgan fingerprint density at radius 1 is 0.960 bits per heavy atom. The van der Waals surface area contributed by atoms with Gasteiger partial charge in [-0.3, -0.25) is 4.79 Å². The molecule has 25 heavy (non-hydrogen) atoms. The molecule has 0 spiro atoms. The lowest BCUT2D eigenvalue weighted by Crippen LogP contribution is -2.43. The van der Waals surface area contributed by atoms with E-state index in [4.69, 9.17) is 0 Å². The summed E-state index contributed by atoms with van der Waals surface area (Å²) < 4.78 is 27.8. The number of carbonyl (C=O) groups excluding carboxylic acids is 1. The molecule has 1 amide bonds. The average Bonchev–Trinajstić information content (AvgIpc) is 2.63. The molecule has 0 bridgehead atoms. The molecule has 1 atom stereocenters. The first-order valence-electron chi connectivity index (χ1n) is 8.94. The van der Waals surface area contributed by atoms with E-state index in [0.717, 1.165) is 43.4 Å². The maximum atomic E-state index is 13.9. The van der Waals surface area contributed by atoms with Crippen LogP contribution in [-0.2, 0) is 6.42 Å². The minimum absolute atomic E-state index is 0.116. The molecule has 0 saturated heterocycles. The molecular weight excluding hydrogens is 320 g/mol. The van der Waals surface area contributed by atoms with Gasteiger partial charge >= 0.3 is 0 Å². The third-order valence-electron chi connectivity index (χ3n) is 5.02. The fourth-order valence-corrected chi connectivity index (χ4v) is 3.70. The first-order valence-corrected chi connectivity index (χ1v) is 8.94. The molecule has 2 nitrogen and oxygen atoms in total. The van der Waals surface area contributed by atoms with E-state index in [9.17, 15) is 13.6 Å². The summed E-state index contributed by atoms with van der Waals surface area (Å²) in [6.45, 7) is 0. The lowest BCUT2D eigenvalue weighted by molar-refractivity contribution is 0.0904. The molecule has 1 aliphatic carbocycles. The first-order chi connectivity index (χ1) is 12.1. The predicted octanol–water partition coefficient (Wildman–Crippen LogP) is 4.89. The Labute approximate surface area is 147 Å². The van der Waals surface area contributed by atoms with E-state index in [1.54, 1.807) is 0 Å². The van der Waals surface area contributed by atoms with Crippen molar-refractivity contribution in [2.75, 3.05) is 0 Å². The molecular formula is C21H23F2NO. The molecule has 3 rings (SSSR count). The molecule has 0 radical (unpaired) electrons. The second-order valence-corrected chi connectivity index (χ2v) is 6.76. The van der Waals surface area contributed by atoms with E-state index in [2.05, 4.69) is 5.32 Å². The van der Waals surface area contributed by atoms with Crippen LogP contribution in [0.2, 0.25) is 0 Å². The van der Waals surface area contributed by atoms with Gasteiger partial charge in [0, 0.05) is 6.04 Å². The highest BCUT2D eigenvalue weighted by molar-refractivity contribution is 5.95. The van der Waals surface area contributed by atoms with Gasteiger partial charge in [-0.2, -0.15) is 0 Å². The summed E-state index contributed by atoms with van der Waals surface area (Å²) in [7, 11) is 0. The molecule has 1 fully saturated rings. The van der Waals surface area contributed by atoms with Gasteiger partial charge in [0.1, 0.15) is 17.2 Å². The molecule has 1 aliphatic rings. The highest BCUT2D eigenvalue weighted by Gasteiger charge is 2.27. The van der Waals surface area contributed by atoms with Crippen LogP contribution in [0.4, 0.5) is 8.78 Å². The Hall–Kier alpha value is -2.23. The van der Waals surface area contributed by atoms with Crippen LogP contribution in [-0.4, -0.2) is 11.9 Å². The standard InChI is InChI=1S/C21H23F2NO/c22-17-12-7-13-18(23)20(17)21(25)24-19(16-10-5-2-6-11-16)14-15-8-3-1-4-9-15/h1,3-4,7-9,12-13,16,19H,2,5-6,10-11,14H2,(H,24,25). The number of carbonyl (C=O) groups is 1. The maximum Gasteiger partial charge on any atom is 0.257 e. The van der Waals surface area contributed by atoms with Crippen molar-refractivity contribution >= 4 is 5.91 Å². The zero-order valence-corrected chi connectivity index (χ0v) is 14.2. The van der Waals surface area contributed by atoms with Gasteiger partial charge in [-0.25, -0.2) is 8.78 Å². The second kappa shape index (κ2) is 8.24. The molecule has 1 saturated carbocycles. The fourth-order valence-electron chi connectivity index (χ4n) is 3.70. The zero-order valence-electron chi connectivity index (χ0n) is 14.2. The van der Waals surface area contributed by atoms with Crippen LogP contribution in [0.5, 0.6) is 0 Å². The van der Waals surface area contributed by atoms with E-state index in [1.807, 2.05) is 30.3 Å². The summed E-state index contributed by atoms with van der Waals surface area (Å²) in [6, 6.07) is 13.3. The number of halogens is 2. The Morgan fingerprint density at radius 2 is 1.60 bits per heavy atom. The third-order valence-corrected chi connectivity index (χ3v) is 5.02. The van der Waals surface area contributed by atoms with Gasteiger partial charge in [-0.1, -0.05) is 55.7 Å². The van der Waals surface area contributed by atoms with Crippen molar-refractivity contribution in [2.45, 2.75) is 44.6 Å². The van der Waals surface area contributed by atoms with Gasteiger partial charge in [0.05, 0.1) is 0 Å². The SMILES string of the molecule is O=C(NC(Cc1ccccc1)C1CCCCC1)c1c(F)cccc1F. The average molecular weight is 343 g/mol. The molecule has 0 heterocycles. The van der Waals surface area contributed by atoms with E-state index >= 15 is 0 Å². The van der Waals surface area contributed by atoms with Crippen molar-refractivity contribution in [3.63, 3.8) is 0 Å². The van der Waals surface area contributed by atoms with Crippen molar-refractivity contribution < 1.29 is 13.6 Å². The van der Waals surface area contributed by atoms with Gasteiger partial charge in [-0.05, 0) is 42.9 Å². The van der Waals surface area contributed by atoms with Crippen molar-refractivity contribution in [1.29, 1.82) is 0 Å². The largest absolute Gasteiger partial charge is 0.349 e. The summed E-state index contributed by atoms with van der Waals surface area (Å²) in [4.78, 5) is 12.5. The predicted molar refractivity (Wildman–Crippen MR) is 94.3 cm³/mol. The number of rotatable bonds is 5. The highest BCUT2D eigenvalue weighted by Crippen LogP contribution is 2.28. The van der Waals surface area contributed by atoms with E-state index in [1.165, 1.54) is 12.5 Å². The van der Waals surface area contributed by atoms with Crippen LogP contribution in [0.25, 0.3) is 0 Å². The number of benzene rings is 2. The molecule has 0 aromatic heterocycles. The van der Waals surface area contributed by atoms with Gasteiger partial charge in [0.15, 0.2) is 0 Å². The summed E-state index contributed by atoms with van der Waals surface area (Å²) in [5.74, 6) is -1.96. The Bertz CT molecular complexity index is 691. The maximum absolute atomic E-state index is 13.9. The number of amides is 1. The normalized spacial score (nSPS) is 16.4. The Balaban J connectivity index is 1.80. The van der Waals surface area contributed by atoms with Crippen molar-refractivity contribution in [3.05, 3.63) is 71.3 Å². The zero-order chi connectivity index (χ0) is 17.6. The molecule has 4 heteroatoms. The summed E-state index contributed by atoms with van der Waals surface area (Å²) in [5.41, 5.74) is 0.628. The topological polar surface area (TPSA) is 29.1 Å². The van der Waals surface area contributed by atoms with Crippen molar-refractivity contribution in [1.82, 2.24) is 5.32 Å². The fraction of sp³-hybridized carbons (Fsp3) is 0.381. The van der Waals surface area contributed by atoms with Crippen LogP contribution in [0.15, 0.2) is 48.5 Å². The lowest BCUT2D eigenvalue weighted by Gasteiger charge is -2.31. The molecule has 0 aliphatic heterocycles. The third kappa shape index (κ3) is 4.44. The van der Waals surface area contributed by atoms with E-state index in [-0.39, 0.29) is 6.04 Å². The lowest BCUT2D eigenvalue weighted by atomic mass is 9.81. The Morgan fingerprint density at radius 3 is 2.24 bits per heavy atom. The van der Waals surface area contributed by atoms with Crippen molar-refractivity contribution in [3.8, 4) is 0 Å². The Kier molecular flexibility index (Phi) is 5.79. The van der Waals surface area contributed by atoms with E-state index < -0.39 is 23.1 Å². The van der Waals surface area contributed by atoms with Crippen LogP contribution in [0, 0.1) is 17.6 Å². The minimum Gasteiger partial charge on any atom is -0.349 e. The monoisotopic (exact) mass is 343 g/mol. The number of nitrogens with one attached hydrogen (secondary N) is 1. The van der Waals surface area contributed by atoms with Crippen LogP contribution in [0.1, 0.15) is 48.0 Å². The van der Waals surface area contributed by atoms with Crippen LogP contribution < -0.4 is 5.32 Å². The summed E-state index contributed by atoms with van der Waals surface area (Å²) in [5, 5.41) is 2.91. The molecule has 1 N–H and O–H groups in total. The second-order valence-electron chi connectivity index (χ2n) is 6.76. The smallest absolute Gasteiger partial charge is 0.257 e.